The van der Waals surface area contributed by atoms with Gasteiger partial charge < -0.3 is 10.3 Å². The Labute approximate surface area is 148 Å². The smallest absolute Gasteiger partial charge is 0.220 e. The Balaban J connectivity index is 1.88. The molecule has 0 aliphatic rings. The van der Waals surface area contributed by atoms with E-state index < -0.39 is 0 Å². The molecule has 1 amide bonds. The van der Waals surface area contributed by atoms with Crippen molar-refractivity contribution in [3.05, 3.63) is 65.5 Å². The van der Waals surface area contributed by atoms with E-state index in [9.17, 15) is 4.79 Å². The second kappa shape index (κ2) is 7.97. The molecule has 25 heavy (non-hydrogen) atoms. The van der Waals surface area contributed by atoms with Crippen molar-refractivity contribution >= 4 is 16.9 Å². The van der Waals surface area contributed by atoms with Crippen molar-refractivity contribution in [2.24, 2.45) is 0 Å². The Bertz CT molecular complexity index is 839. The lowest BCUT2D eigenvalue weighted by Crippen LogP contribution is -2.29. The SMILES string of the molecule is CCCCCC(=O)NC(c1ccccc1)c1nc2ccc(C)cc2[nH]1. The molecule has 1 heterocycles. The van der Waals surface area contributed by atoms with Crippen LogP contribution in [0.4, 0.5) is 0 Å². The number of unbranched alkanes of at least 4 members (excludes halogenated alkanes) is 2. The number of carbonyl (C=O) groups is 1. The first-order chi connectivity index (χ1) is 12.2. The van der Waals surface area contributed by atoms with Gasteiger partial charge in [0.15, 0.2) is 0 Å². The number of rotatable bonds is 7. The van der Waals surface area contributed by atoms with Crippen molar-refractivity contribution in [2.45, 2.75) is 45.6 Å². The van der Waals surface area contributed by atoms with E-state index in [1.165, 1.54) is 5.56 Å². The lowest BCUT2D eigenvalue weighted by molar-refractivity contribution is -0.121. The van der Waals surface area contributed by atoms with E-state index in [0.717, 1.165) is 41.7 Å². The third-order valence-electron chi connectivity index (χ3n) is 4.37. The van der Waals surface area contributed by atoms with Gasteiger partial charge in [0.05, 0.1) is 11.0 Å². The molecular weight excluding hydrogens is 310 g/mol. The molecule has 2 aromatic carbocycles. The summed E-state index contributed by atoms with van der Waals surface area (Å²) in [6, 6.07) is 15.9. The van der Waals surface area contributed by atoms with Crippen molar-refractivity contribution in [3.8, 4) is 0 Å². The third-order valence-corrected chi connectivity index (χ3v) is 4.37. The fraction of sp³-hybridized carbons (Fsp3) is 0.333. The van der Waals surface area contributed by atoms with E-state index in [-0.39, 0.29) is 11.9 Å². The predicted octanol–water partition coefficient (Wildman–Crippen LogP) is 4.66. The molecule has 3 aromatic rings. The molecule has 130 valence electrons. The number of hydrogen-bond donors (Lipinski definition) is 2. The molecule has 1 atom stereocenters. The topological polar surface area (TPSA) is 57.8 Å². The monoisotopic (exact) mass is 335 g/mol. The van der Waals surface area contributed by atoms with Crippen molar-refractivity contribution in [2.75, 3.05) is 0 Å². The van der Waals surface area contributed by atoms with E-state index in [1.807, 2.05) is 42.5 Å². The summed E-state index contributed by atoms with van der Waals surface area (Å²) in [6.45, 7) is 4.20. The molecule has 0 aliphatic heterocycles. The van der Waals surface area contributed by atoms with Crippen LogP contribution in [0.25, 0.3) is 11.0 Å². The van der Waals surface area contributed by atoms with Crippen LogP contribution in [-0.2, 0) is 4.79 Å². The number of benzene rings is 2. The highest BCUT2D eigenvalue weighted by Gasteiger charge is 2.20. The lowest BCUT2D eigenvalue weighted by atomic mass is 10.1. The molecule has 4 nitrogen and oxygen atoms in total. The van der Waals surface area contributed by atoms with Crippen LogP contribution in [0.3, 0.4) is 0 Å². The number of aryl methyl sites for hydroxylation is 1. The Morgan fingerprint density at radius 1 is 1.16 bits per heavy atom. The van der Waals surface area contributed by atoms with Gasteiger partial charge in [0, 0.05) is 6.42 Å². The van der Waals surface area contributed by atoms with Gasteiger partial charge in [0.25, 0.3) is 0 Å². The van der Waals surface area contributed by atoms with Gasteiger partial charge in [0.1, 0.15) is 11.9 Å². The zero-order valence-electron chi connectivity index (χ0n) is 14.9. The summed E-state index contributed by atoms with van der Waals surface area (Å²) in [4.78, 5) is 20.5. The molecule has 0 radical (unpaired) electrons. The maximum Gasteiger partial charge on any atom is 0.220 e. The lowest BCUT2D eigenvalue weighted by Gasteiger charge is -2.17. The molecule has 4 heteroatoms. The van der Waals surface area contributed by atoms with Gasteiger partial charge in [-0.3, -0.25) is 4.79 Å². The second-order valence-electron chi connectivity index (χ2n) is 6.51. The highest BCUT2D eigenvalue weighted by atomic mass is 16.1. The van der Waals surface area contributed by atoms with Gasteiger partial charge in [-0.1, -0.05) is 56.2 Å². The number of aromatic amines is 1. The predicted molar refractivity (Wildman–Crippen MR) is 101 cm³/mol. The number of nitrogens with zero attached hydrogens (tertiary/aromatic N) is 1. The summed E-state index contributed by atoms with van der Waals surface area (Å²) < 4.78 is 0. The van der Waals surface area contributed by atoms with E-state index in [2.05, 4.69) is 30.2 Å². The van der Waals surface area contributed by atoms with Gasteiger partial charge in [0.2, 0.25) is 5.91 Å². The van der Waals surface area contributed by atoms with E-state index in [4.69, 9.17) is 4.98 Å². The van der Waals surface area contributed by atoms with E-state index >= 15 is 0 Å². The molecule has 2 N–H and O–H groups in total. The largest absolute Gasteiger partial charge is 0.342 e. The minimum absolute atomic E-state index is 0.0685. The van der Waals surface area contributed by atoms with Crippen LogP contribution >= 0.6 is 0 Å². The van der Waals surface area contributed by atoms with Crippen LogP contribution in [0.15, 0.2) is 48.5 Å². The van der Waals surface area contributed by atoms with Gasteiger partial charge in [-0.25, -0.2) is 4.98 Å². The van der Waals surface area contributed by atoms with Crippen LogP contribution in [0.1, 0.15) is 55.6 Å². The molecule has 1 aromatic heterocycles. The Kier molecular flexibility index (Phi) is 5.49. The van der Waals surface area contributed by atoms with Gasteiger partial charge in [-0.2, -0.15) is 0 Å². The Morgan fingerprint density at radius 3 is 2.72 bits per heavy atom. The second-order valence-corrected chi connectivity index (χ2v) is 6.51. The number of hydrogen-bond acceptors (Lipinski definition) is 2. The Hall–Kier alpha value is -2.62. The van der Waals surface area contributed by atoms with Crippen LogP contribution in [0.5, 0.6) is 0 Å². The number of aromatic nitrogens is 2. The fourth-order valence-electron chi connectivity index (χ4n) is 3.00. The van der Waals surface area contributed by atoms with Crippen LogP contribution in [0.2, 0.25) is 0 Å². The molecule has 0 fully saturated rings. The maximum atomic E-state index is 12.4. The molecule has 0 saturated heterocycles. The van der Waals surface area contributed by atoms with E-state index in [0.29, 0.717) is 6.42 Å². The zero-order chi connectivity index (χ0) is 17.6. The summed E-state index contributed by atoms with van der Waals surface area (Å²) in [6.07, 6.45) is 3.66. The van der Waals surface area contributed by atoms with Crippen LogP contribution in [-0.4, -0.2) is 15.9 Å². The van der Waals surface area contributed by atoms with E-state index in [1.54, 1.807) is 0 Å². The van der Waals surface area contributed by atoms with Gasteiger partial charge >= 0.3 is 0 Å². The summed E-state index contributed by atoms with van der Waals surface area (Å²) in [5.41, 5.74) is 4.13. The minimum Gasteiger partial charge on any atom is -0.342 e. The highest BCUT2D eigenvalue weighted by Crippen LogP contribution is 2.23. The van der Waals surface area contributed by atoms with Crippen molar-refractivity contribution in [3.63, 3.8) is 0 Å². The summed E-state index contributed by atoms with van der Waals surface area (Å²) in [5.74, 6) is 0.842. The zero-order valence-corrected chi connectivity index (χ0v) is 14.9. The standard InChI is InChI=1S/C21H25N3O/c1-3-4-6-11-19(25)24-20(16-9-7-5-8-10-16)21-22-17-13-12-15(2)14-18(17)23-21/h5,7-10,12-14,20H,3-4,6,11H2,1-2H3,(H,22,23)(H,24,25). The number of fused-ring (bicyclic) bond motifs is 1. The molecule has 0 bridgehead atoms. The quantitative estimate of drug-likeness (QED) is 0.617. The highest BCUT2D eigenvalue weighted by molar-refractivity contribution is 5.78. The van der Waals surface area contributed by atoms with Gasteiger partial charge in [-0.15, -0.1) is 0 Å². The first-order valence-electron chi connectivity index (χ1n) is 8.98. The molecule has 1 unspecified atom stereocenters. The van der Waals surface area contributed by atoms with Crippen molar-refractivity contribution < 1.29 is 4.79 Å². The molecular formula is C21H25N3O. The minimum atomic E-state index is -0.261. The van der Waals surface area contributed by atoms with Crippen LogP contribution < -0.4 is 5.32 Å². The molecule has 0 saturated carbocycles. The molecule has 3 rings (SSSR count). The number of imidazole rings is 1. The summed E-state index contributed by atoms with van der Waals surface area (Å²) in [5, 5.41) is 3.15. The number of amides is 1. The molecule has 0 spiro atoms. The Morgan fingerprint density at radius 2 is 1.96 bits per heavy atom. The summed E-state index contributed by atoms with van der Waals surface area (Å²) in [7, 11) is 0. The average molecular weight is 335 g/mol. The van der Waals surface area contributed by atoms with Crippen LogP contribution in [0, 0.1) is 6.92 Å². The summed E-state index contributed by atoms with van der Waals surface area (Å²) >= 11 is 0. The average Bonchev–Trinajstić information content (AvgIpc) is 3.03. The number of H-pyrrole nitrogens is 1. The maximum absolute atomic E-state index is 12.4. The first kappa shape index (κ1) is 17.2. The number of nitrogens with one attached hydrogen (secondary N) is 2. The number of carbonyl (C=O) groups excluding carboxylic acids is 1. The first-order valence-corrected chi connectivity index (χ1v) is 8.98. The fourth-order valence-corrected chi connectivity index (χ4v) is 3.00. The van der Waals surface area contributed by atoms with Crippen molar-refractivity contribution in [1.82, 2.24) is 15.3 Å². The van der Waals surface area contributed by atoms with Crippen molar-refractivity contribution in [1.29, 1.82) is 0 Å². The molecule has 0 aliphatic carbocycles. The van der Waals surface area contributed by atoms with Gasteiger partial charge in [-0.05, 0) is 36.6 Å². The normalized spacial score (nSPS) is 12.2. The third kappa shape index (κ3) is 4.27.